The van der Waals surface area contributed by atoms with Crippen LogP contribution in [0.2, 0.25) is 0 Å². The Morgan fingerprint density at radius 2 is 1.96 bits per heavy atom. The minimum Gasteiger partial charge on any atom is -0.379 e. The lowest BCUT2D eigenvalue weighted by Gasteiger charge is -2.32. The molecule has 2 saturated heterocycles. The predicted octanol–water partition coefficient (Wildman–Crippen LogP) is 0.250. The second-order valence-electron chi connectivity index (χ2n) is 6.60. The molecule has 0 radical (unpaired) electrons. The zero-order valence-electron chi connectivity index (χ0n) is 14.5. The van der Waals surface area contributed by atoms with E-state index in [1.54, 1.807) is 4.90 Å². The van der Waals surface area contributed by atoms with E-state index in [1.807, 2.05) is 6.92 Å². The van der Waals surface area contributed by atoms with Crippen molar-refractivity contribution in [3.63, 3.8) is 0 Å². The number of H-pyrrole nitrogens is 1. The number of rotatable bonds is 6. The lowest BCUT2D eigenvalue weighted by molar-refractivity contribution is 0.0213. The molecule has 0 aliphatic carbocycles. The van der Waals surface area contributed by atoms with Crippen LogP contribution in [-0.2, 0) is 14.8 Å². The number of aromatic amines is 1. The van der Waals surface area contributed by atoms with Crippen molar-refractivity contribution in [1.82, 2.24) is 19.5 Å². The van der Waals surface area contributed by atoms with Crippen molar-refractivity contribution >= 4 is 15.9 Å². The van der Waals surface area contributed by atoms with E-state index in [1.165, 1.54) is 12.3 Å². The van der Waals surface area contributed by atoms with Crippen LogP contribution in [0.5, 0.6) is 0 Å². The monoisotopic (exact) mass is 370 g/mol. The smallest absolute Gasteiger partial charge is 0.270 e. The maximum atomic E-state index is 12.5. The van der Waals surface area contributed by atoms with E-state index in [0.717, 1.165) is 39.0 Å². The molecule has 2 aliphatic rings. The van der Waals surface area contributed by atoms with Gasteiger partial charge in [-0.25, -0.2) is 13.1 Å². The molecule has 1 atom stereocenters. The molecule has 0 spiro atoms. The maximum absolute atomic E-state index is 12.5. The van der Waals surface area contributed by atoms with Gasteiger partial charge in [0.1, 0.15) is 10.6 Å². The highest BCUT2D eigenvalue weighted by atomic mass is 32.2. The molecular formula is C16H26N4O4S. The molecule has 2 N–H and O–H groups in total. The number of nitrogens with one attached hydrogen (secondary N) is 2. The second kappa shape index (κ2) is 7.86. The number of nitrogens with zero attached hydrogens (tertiary/aromatic N) is 2. The van der Waals surface area contributed by atoms with Crippen LogP contribution < -0.4 is 4.72 Å². The fraction of sp³-hybridized carbons (Fsp3) is 0.688. The highest BCUT2D eigenvalue weighted by Gasteiger charge is 2.25. The van der Waals surface area contributed by atoms with Gasteiger partial charge in [-0.3, -0.25) is 9.69 Å². The van der Waals surface area contributed by atoms with Crippen molar-refractivity contribution in [2.75, 3.05) is 45.9 Å². The lowest BCUT2D eigenvalue weighted by Crippen LogP contribution is -2.47. The standard InChI is InChI=1S/C16H26N4O4S/c1-13(19-6-8-24-9-7-19)11-18-25(22,23)14-10-15(17-12-14)16(21)20-4-2-3-5-20/h10,12-13,17-18H,2-9,11H2,1H3. The number of amides is 1. The van der Waals surface area contributed by atoms with Gasteiger partial charge in [0, 0.05) is 45.0 Å². The van der Waals surface area contributed by atoms with Crippen LogP contribution in [0.15, 0.2) is 17.2 Å². The van der Waals surface area contributed by atoms with Gasteiger partial charge in [-0.2, -0.15) is 0 Å². The third kappa shape index (κ3) is 4.41. The Balaban J connectivity index is 1.59. The normalized spacial score (nSPS) is 20.8. The predicted molar refractivity (Wildman–Crippen MR) is 93.0 cm³/mol. The molecule has 3 rings (SSSR count). The molecular weight excluding hydrogens is 344 g/mol. The summed E-state index contributed by atoms with van der Waals surface area (Å²) in [7, 11) is -3.64. The summed E-state index contributed by atoms with van der Waals surface area (Å²) < 4.78 is 32.9. The van der Waals surface area contributed by atoms with E-state index < -0.39 is 10.0 Å². The largest absolute Gasteiger partial charge is 0.379 e. The van der Waals surface area contributed by atoms with Crippen LogP contribution in [0.1, 0.15) is 30.3 Å². The average Bonchev–Trinajstić information content (AvgIpc) is 3.31. The quantitative estimate of drug-likeness (QED) is 0.749. The average molecular weight is 370 g/mol. The van der Waals surface area contributed by atoms with Gasteiger partial charge in [0.15, 0.2) is 0 Å². The van der Waals surface area contributed by atoms with Crippen molar-refractivity contribution in [1.29, 1.82) is 0 Å². The van der Waals surface area contributed by atoms with Crippen LogP contribution in [0.3, 0.4) is 0 Å². The Morgan fingerprint density at radius 1 is 1.28 bits per heavy atom. The number of hydrogen-bond acceptors (Lipinski definition) is 5. The van der Waals surface area contributed by atoms with Crippen molar-refractivity contribution < 1.29 is 17.9 Å². The van der Waals surface area contributed by atoms with Gasteiger partial charge in [0.2, 0.25) is 10.0 Å². The highest BCUT2D eigenvalue weighted by molar-refractivity contribution is 7.89. The van der Waals surface area contributed by atoms with Gasteiger partial charge in [-0.15, -0.1) is 0 Å². The summed E-state index contributed by atoms with van der Waals surface area (Å²) in [6.45, 7) is 6.75. The number of morpholine rings is 1. The molecule has 0 bridgehead atoms. The molecule has 9 heteroatoms. The van der Waals surface area contributed by atoms with Crippen molar-refractivity contribution in [2.45, 2.75) is 30.7 Å². The number of aromatic nitrogens is 1. The maximum Gasteiger partial charge on any atom is 0.270 e. The van der Waals surface area contributed by atoms with E-state index >= 15 is 0 Å². The van der Waals surface area contributed by atoms with Gasteiger partial charge < -0.3 is 14.6 Å². The first kappa shape index (κ1) is 18.4. The van der Waals surface area contributed by atoms with E-state index in [4.69, 9.17) is 4.74 Å². The first-order chi connectivity index (χ1) is 12.0. The minimum atomic E-state index is -3.64. The molecule has 0 saturated carbocycles. The molecule has 140 valence electrons. The van der Waals surface area contributed by atoms with Crippen LogP contribution in [0.25, 0.3) is 0 Å². The van der Waals surface area contributed by atoms with Gasteiger partial charge in [0.05, 0.1) is 13.2 Å². The molecule has 3 heterocycles. The summed E-state index contributed by atoms with van der Waals surface area (Å²) >= 11 is 0. The number of ether oxygens (including phenoxy) is 1. The van der Waals surface area contributed by atoms with Gasteiger partial charge in [0.25, 0.3) is 5.91 Å². The summed E-state index contributed by atoms with van der Waals surface area (Å²) in [6, 6.07) is 1.51. The molecule has 2 fully saturated rings. The van der Waals surface area contributed by atoms with E-state index in [9.17, 15) is 13.2 Å². The van der Waals surface area contributed by atoms with Crippen LogP contribution >= 0.6 is 0 Å². The molecule has 0 aromatic carbocycles. The molecule has 1 amide bonds. The lowest BCUT2D eigenvalue weighted by atomic mass is 10.2. The number of carbonyl (C=O) groups is 1. The molecule has 2 aliphatic heterocycles. The van der Waals surface area contributed by atoms with Crippen molar-refractivity contribution in [3.8, 4) is 0 Å². The number of hydrogen-bond donors (Lipinski definition) is 2. The molecule has 1 aromatic rings. The first-order valence-electron chi connectivity index (χ1n) is 8.76. The first-order valence-corrected chi connectivity index (χ1v) is 10.2. The van der Waals surface area contributed by atoms with Gasteiger partial charge >= 0.3 is 0 Å². The van der Waals surface area contributed by atoms with E-state index in [-0.39, 0.29) is 16.8 Å². The number of sulfonamides is 1. The van der Waals surface area contributed by atoms with Gasteiger partial charge in [-0.1, -0.05) is 0 Å². The number of carbonyl (C=O) groups excluding carboxylic acids is 1. The van der Waals surface area contributed by atoms with Gasteiger partial charge in [-0.05, 0) is 25.8 Å². The summed E-state index contributed by atoms with van der Waals surface area (Å²) in [4.78, 5) is 19.2. The SMILES string of the molecule is CC(CNS(=O)(=O)c1c[nH]c(C(=O)N2CCCC2)c1)N1CCOCC1. The topological polar surface area (TPSA) is 94.7 Å². The molecule has 1 aromatic heterocycles. The van der Waals surface area contributed by atoms with Crippen molar-refractivity contribution in [3.05, 3.63) is 18.0 Å². The number of likely N-dealkylation sites (tertiary alicyclic amines) is 1. The Bertz CT molecular complexity index is 691. The minimum absolute atomic E-state index is 0.0864. The fourth-order valence-electron chi connectivity index (χ4n) is 3.20. The van der Waals surface area contributed by atoms with Crippen LogP contribution in [0, 0.1) is 0 Å². The summed E-state index contributed by atoms with van der Waals surface area (Å²) in [5, 5.41) is 0. The van der Waals surface area contributed by atoms with Crippen LogP contribution in [0.4, 0.5) is 0 Å². The Kier molecular flexibility index (Phi) is 5.78. The molecule has 25 heavy (non-hydrogen) atoms. The summed E-state index contributed by atoms with van der Waals surface area (Å²) in [6.07, 6.45) is 3.38. The zero-order valence-corrected chi connectivity index (χ0v) is 15.3. The zero-order chi connectivity index (χ0) is 17.9. The third-order valence-corrected chi connectivity index (χ3v) is 6.23. The Hall–Kier alpha value is -1.42. The molecule has 8 nitrogen and oxygen atoms in total. The van der Waals surface area contributed by atoms with E-state index in [2.05, 4.69) is 14.6 Å². The summed E-state index contributed by atoms with van der Waals surface area (Å²) in [5.74, 6) is -0.138. The summed E-state index contributed by atoms with van der Waals surface area (Å²) in [5.41, 5.74) is 0.323. The molecule has 1 unspecified atom stereocenters. The van der Waals surface area contributed by atoms with E-state index in [0.29, 0.717) is 25.5 Å². The second-order valence-corrected chi connectivity index (χ2v) is 8.36. The fourth-order valence-corrected chi connectivity index (χ4v) is 4.32. The third-order valence-electron chi connectivity index (χ3n) is 4.83. The highest BCUT2D eigenvalue weighted by Crippen LogP contribution is 2.16. The Labute approximate surface area is 148 Å². The Morgan fingerprint density at radius 3 is 2.64 bits per heavy atom. The van der Waals surface area contributed by atoms with Crippen LogP contribution in [-0.4, -0.2) is 81.1 Å². The van der Waals surface area contributed by atoms with Crippen molar-refractivity contribution in [2.24, 2.45) is 0 Å².